The van der Waals surface area contributed by atoms with Crippen LogP contribution in [0.25, 0.3) is 0 Å². The molecule has 138 valence electrons. The Bertz CT molecular complexity index is 975. The lowest BCUT2D eigenvalue weighted by atomic mass is 10.1. The van der Waals surface area contributed by atoms with Gasteiger partial charge in [0.2, 0.25) is 5.91 Å². The SMILES string of the molecule is O=C(CNC(=O)c1ccccc1F)Nc1ncc(Cc2cccc(F)c2)s1. The van der Waals surface area contributed by atoms with Gasteiger partial charge in [0.1, 0.15) is 11.6 Å². The molecule has 3 rings (SSSR count). The van der Waals surface area contributed by atoms with Gasteiger partial charge in [0.15, 0.2) is 5.13 Å². The number of rotatable bonds is 6. The van der Waals surface area contributed by atoms with Gasteiger partial charge < -0.3 is 10.6 Å². The second-order valence-corrected chi connectivity index (χ2v) is 6.76. The van der Waals surface area contributed by atoms with Crippen LogP contribution in [-0.2, 0) is 11.2 Å². The fourth-order valence-electron chi connectivity index (χ4n) is 2.36. The van der Waals surface area contributed by atoms with Crippen molar-refractivity contribution >= 4 is 28.3 Å². The van der Waals surface area contributed by atoms with Crippen LogP contribution >= 0.6 is 11.3 Å². The third-order valence-corrected chi connectivity index (χ3v) is 4.51. The number of benzene rings is 2. The highest BCUT2D eigenvalue weighted by Gasteiger charge is 2.13. The summed E-state index contributed by atoms with van der Waals surface area (Å²) in [7, 11) is 0. The molecule has 1 heterocycles. The lowest BCUT2D eigenvalue weighted by molar-refractivity contribution is -0.115. The summed E-state index contributed by atoms with van der Waals surface area (Å²) in [6.07, 6.45) is 2.10. The molecule has 2 aromatic carbocycles. The van der Waals surface area contributed by atoms with E-state index in [1.165, 1.54) is 47.7 Å². The summed E-state index contributed by atoms with van der Waals surface area (Å²) < 4.78 is 26.7. The van der Waals surface area contributed by atoms with Crippen molar-refractivity contribution in [1.82, 2.24) is 10.3 Å². The van der Waals surface area contributed by atoms with Crippen LogP contribution in [0.2, 0.25) is 0 Å². The average Bonchev–Trinajstić information content (AvgIpc) is 3.07. The minimum absolute atomic E-state index is 0.128. The molecule has 3 aromatic rings. The van der Waals surface area contributed by atoms with Crippen LogP contribution in [0, 0.1) is 11.6 Å². The Balaban J connectivity index is 1.52. The Morgan fingerprint density at radius 1 is 1.07 bits per heavy atom. The van der Waals surface area contributed by atoms with Crippen molar-refractivity contribution < 1.29 is 18.4 Å². The van der Waals surface area contributed by atoms with Crippen molar-refractivity contribution in [3.63, 3.8) is 0 Å². The van der Waals surface area contributed by atoms with Crippen LogP contribution in [0.15, 0.2) is 54.7 Å². The fraction of sp³-hybridized carbons (Fsp3) is 0.105. The summed E-state index contributed by atoms with van der Waals surface area (Å²) in [4.78, 5) is 28.8. The van der Waals surface area contributed by atoms with E-state index in [4.69, 9.17) is 0 Å². The van der Waals surface area contributed by atoms with Gasteiger partial charge >= 0.3 is 0 Å². The number of carbonyl (C=O) groups excluding carboxylic acids is 2. The van der Waals surface area contributed by atoms with Gasteiger partial charge in [-0.05, 0) is 29.8 Å². The zero-order valence-corrected chi connectivity index (χ0v) is 14.9. The number of nitrogens with zero attached hydrogens (tertiary/aromatic N) is 1. The molecule has 0 fully saturated rings. The Hall–Kier alpha value is -3.13. The number of hydrogen-bond donors (Lipinski definition) is 2. The fourth-order valence-corrected chi connectivity index (χ4v) is 3.22. The maximum atomic E-state index is 13.5. The highest BCUT2D eigenvalue weighted by Crippen LogP contribution is 2.21. The normalized spacial score (nSPS) is 10.4. The molecule has 0 aliphatic heterocycles. The van der Waals surface area contributed by atoms with Crippen LogP contribution in [0.3, 0.4) is 0 Å². The van der Waals surface area contributed by atoms with Gasteiger partial charge in [0, 0.05) is 17.5 Å². The van der Waals surface area contributed by atoms with Crippen molar-refractivity contribution in [2.45, 2.75) is 6.42 Å². The monoisotopic (exact) mass is 387 g/mol. The molecule has 0 aliphatic carbocycles. The zero-order valence-electron chi connectivity index (χ0n) is 14.0. The second-order valence-electron chi connectivity index (χ2n) is 5.65. The number of halogens is 2. The maximum absolute atomic E-state index is 13.5. The van der Waals surface area contributed by atoms with Crippen LogP contribution in [0.1, 0.15) is 20.8 Å². The molecule has 0 radical (unpaired) electrons. The molecule has 5 nitrogen and oxygen atoms in total. The molecule has 1 aromatic heterocycles. The molecule has 8 heteroatoms. The third kappa shape index (κ3) is 5.18. The minimum Gasteiger partial charge on any atom is -0.343 e. The molecule has 0 unspecified atom stereocenters. The molecular formula is C19H15F2N3O2S. The van der Waals surface area contributed by atoms with Crippen molar-refractivity contribution in [2.75, 3.05) is 11.9 Å². The molecule has 0 saturated heterocycles. The molecule has 0 spiro atoms. The molecular weight excluding hydrogens is 372 g/mol. The van der Waals surface area contributed by atoms with Gasteiger partial charge in [-0.2, -0.15) is 0 Å². The van der Waals surface area contributed by atoms with E-state index in [9.17, 15) is 18.4 Å². The van der Waals surface area contributed by atoms with Crippen molar-refractivity contribution in [2.24, 2.45) is 0 Å². The second kappa shape index (κ2) is 8.50. The number of hydrogen-bond acceptors (Lipinski definition) is 4. The molecule has 2 N–H and O–H groups in total. The summed E-state index contributed by atoms with van der Waals surface area (Å²) >= 11 is 1.26. The minimum atomic E-state index is -0.672. The van der Waals surface area contributed by atoms with E-state index in [1.54, 1.807) is 18.3 Å². The maximum Gasteiger partial charge on any atom is 0.254 e. The Morgan fingerprint density at radius 3 is 2.67 bits per heavy atom. The standard InChI is InChI=1S/C19H15F2N3O2S/c20-13-5-3-4-12(8-13)9-14-10-23-19(27-14)24-17(25)11-22-18(26)15-6-1-2-7-16(15)21/h1-8,10H,9,11H2,(H,22,26)(H,23,24,25). The van der Waals surface area contributed by atoms with E-state index < -0.39 is 17.6 Å². The molecule has 0 saturated carbocycles. The van der Waals surface area contributed by atoms with E-state index in [-0.39, 0.29) is 17.9 Å². The van der Waals surface area contributed by atoms with Crippen LogP contribution in [-0.4, -0.2) is 23.3 Å². The smallest absolute Gasteiger partial charge is 0.254 e. The highest BCUT2D eigenvalue weighted by atomic mass is 32.1. The van der Waals surface area contributed by atoms with E-state index in [2.05, 4.69) is 15.6 Å². The first-order valence-corrected chi connectivity index (χ1v) is 8.84. The first-order chi connectivity index (χ1) is 13.0. The molecule has 2 amide bonds. The van der Waals surface area contributed by atoms with Crippen molar-refractivity contribution in [3.05, 3.63) is 82.4 Å². The van der Waals surface area contributed by atoms with E-state index in [1.807, 2.05) is 0 Å². The van der Waals surface area contributed by atoms with Gasteiger partial charge in [-0.1, -0.05) is 24.3 Å². The molecule has 0 atom stereocenters. The van der Waals surface area contributed by atoms with Crippen molar-refractivity contribution in [3.8, 4) is 0 Å². The number of carbonyl (C=O) groups is 2. The summed E-state index contributed by atoms with van der Waals surface area (Å²) in [5, 5.41) is 5.29. The number of thiazole rings is 1. The Morgan fingerprint density at radius 2 is 1.89 bits per heavy atom. The van der Waals surface area contributed by atoms with Crippen LogP contribution < -0.4 is 10.6 Å². The lowest BCUT2D eigenvalue weighted by Gasteiger charge is -2.05. The Kier molecular flexibility index (Phi) is 5.87. The molecule has 27 heavy (non-hydrogen) atoms. The number of nitrogens with one attached hydrogen (secondary N) is 2. The first-order valence-electron chi connectivity index (χ1n) is 8.03. The predicted molar refractivity (Wildman–Crippen MR) is 98.7 cm³/mol. The lowest BCUT2D eigenvalue weighted by Crippen LogP contribution is -2.33. The first kappa shape index (κ1) is 18.7. The summed E-state index contributed by atoms with van der Waals surface area (Å²) in [5.74, 6) is -2.12. The molecule has 0 aliphatic rings. The summed E-state index contributed by atoms with van der Waals surface area (Å²) in [5.41, 5.74) is 0.672. The van der Waals surface area contributed by atoms with Crippen molar-refractivity contribution in [1.29, 1.82) is 0 Å². The van der Waals surface area contributed by atoms with Gasteiger partial charge in [0.25, 0.3) is 5.91 Å². The third-order valence-electron chi connectivity index (χ3n) is 3.60. The topological polar surface area (TPSA) is 71.1 Å². The van der Waals surface area contributed by atoms with Gasteiger partial charge in [-0.25, -0.2) is 13.8 Å². The van der Waals surface area contributed by atoms with E-state index in [0.29, 0.717) is 11.6 Å². The van der Waals surface area contributed by atoms with Gasteiger partial charge in [-0.3, -0.25) is 9.59 Å². The predicted octanol–water partition coefficient (Wildman–Crippen LogP) is 3.38. The van der Waals surface area contributed by atoms with Gasteiger partial charge in [-0.15, -0.1) is 11.3 Å². The zero-order chi connectivity index (χ0) is 19.2. The van der Waals surface area contributed by atoms with Crippen LogP contribution in [0.4, 0.5) is 13.9 Å². The van der Waals surface area contributed by atoms with E-state index >= 15 is 0 Å². The Labute approximate surface area is 158 Å². The highest BCUT2D eigenvalue weighted by molar-refractivity contribution is 7.15. The van der Waals surface area contributed by atoms with Gasteiger partial charge in [0.05, 0.1) is 12.1 Å². The number of amides is 2. The van der Waals surface area contributed by atoms with E-state index in [0.717, 1.165) is 10.4 Å². The number of anilines is 1. The quantitative estimate of drug-likeness (QED) is 0.681. The summed E-state index contributed by atoms with van der Waals surface area (Å²) in [6, 6.07) is 11.8. The molecule has 0 bridgehead atoms. The number of aromatic nitrogens is 1. The van der Waals surface area contributed by atoms with Crippen LogP contribution in [0.5, 0.6) is 0 Å². The average molecular weight is 387 g/mol. The summed E-state index contributed by atoms with van der Waals surface area (Å²) in [6.45, 7) is -0.314. The largest absolute Gasteiger partial charge is 0.343 e.